The zero-order chi connectivity index (χ0) is 9.90. The first-order valence-corrected chi connectivity index (χ1v) is 6.76. The van der Waals surface area contributed by atoms with Gasteiger partial charge in [0.25, 0.3) is 0 Å². The van der Waals surface area contributed by atoms with Crippen molar-refractivity contribution >= 4 is 19.7 Å². The van der Waals surface area contributed by atoms with Crippen molar-refractivity contribution in [2.75, 3.05) is 19.3 Å². The van der Waals surface area contributed by atoms with Crippen LogP contribution in [0.5, 0.6) is 0 Å². The second kappa shape index (κ2) is 4.44. The van der Waals surface area contributed by atoms with Gasteiger partial charge in [-0.1, -0.05) is 12.2 Å². The van der Waals surface area contributed by atoms with Crippen molar-refractivity contribution in [3.8, 4) is 0 Å². The summed E-state index contributed by atoms with van der Waals surface area (Å²) in [7, 11) is 3.73. The van der Waals surface area contributed by atoms with Gasteiger partial charge in [0.15, 0.2) is 0 Å². The first-order valence-electron chi connectivity index (χ1n) is 4.28. The third kappa shape index (κ3) is 4.11. The van der Waals surface area contributed by atoms with Crippen LogP contribution in [0.2, 0.25) is 0 Å². The molecule has 1 fully saturated rings. The Kier molecular flexibility index (Phi) is 3.76. The molecule has 5 heteroatoms. The smallest absolute Gasteiger partial charge is 0.236 e. The molecule has 13 heavy (non-hydrogen) atoms. The first-order chi connectivity index (χ1) is 5.99. The monoisotopic (exact) mass is 223 g/mol. The van der Waals surface area contributed by atoms with Crippen molar-refractivity contribution < 1.29 is 8.42 Å². The van der Waals surface area contributed by atoms with Crippen LogP contribution >= 0.6 is 10.7 Å². The van der Waals surface area contributed by atoms with Crippen LogP contribution in [-0.4, -0.2) is 38.7 Å². The molecule has 76 valence electrons. The highest BCUT2D eigenvalue weighted by Crippen LogP contribution is 2.15. The summed E-state index contributed by atoms with van der Waals surface area (Å²) >= 11 is 0. The SMILES string of the molecule is CN1CCCC1/C=C\CS(=O)(=O)Cl. The summed E-state index contributed by atoms with van der Waals surface area (Å²) < 4.78 is 21.2. The van der Waals surface area contributed by atoms with E-state index >= 15 is 0 Å². The fourth-order valence-electron chi connectivity index (χ4n) is 1.51. The second-order valence-electron chi connectivity index (χ2n) is 3.32. The van der Waals surface area contributed by atoms with Gasteiger partial charge >= 0.3 is 0 Å². The highest BCUT2D eigenvalue weighted by molar-refractivity contribution is 8.13. The maximum atomic E-state index is 10.6. The Morgan fingerprint density at radius 2 is 2.31 bits per heavy atom. The fourth-order valence-corrected chi connectivity index (χ4v) is 2.07. The van der Waals surface area contributed by atoms with Crippen molar-refractivity contribution in [2.45, 2.75) is 18.9 Å². The molecule has 0 amide bonds. The molecule has 1 aliphatic rings. The van der Waals surface area contributed by atoms with E-state index < -0.39 is 9.05 Å². The van der Waals surface area contributed by atoms with Gasteiger partial charge in [-0.25, -0.2) is 8.42 Å². The topological polar surface area (TPSA) is 37.4 Å². The Labute approximate surface area is 83.8 Å². The van der Waals surface area contributed by atoms with E-state index in [0.29, 0.717) is 6.04 Å². The van der Waals surface area contributed by atoms with Crippen LogP contribution in [0.25, 0.3) is 0 Å². The summed E-state index contributed by atoms with van der Waals surface area (Å²) in [6.07, 6.45) is 5.84. The number of hydrogen-bond donors (Lipinski definition) is 0. The lowest BCUT2D eigenvalue weighted by Crippen LogP contribution is -2.22. The lowest BCUT2D eigenvalue weighted by Gasteiger charge is -2.14. The molecule has 0 aromatic carbocycles. The van der Waals surface area contributed by atoms with E-state index in [1.807, 2.05) is 13.1 Å². The molecule has 1 saturated heterocycles. The molecule has 0 saturated carbocycles. The number of likely N-dealkylation sites (tertiary alicyclic amines) is 1. The van der Waals surface area contributed by atoms with Gasteiger partial charge in [-0.15, -0.1) is 0 Å². The van der Waals surface area contributed by atoms with E-state index in [1.165, 1.54) is 6.42 Å². The van der Waals surface area contributed by atoms with Crippen molar-refractivity contribution in [3.05, 3.63) is 12.2 Å². The molecule has 0 spiro atoms. The Morgan fingerprint density at radius 3 is 2.77 bits per heavy atom. The Balaban J connectivity index is 2.40. The average molecular weight is 224 g/mol. The molecule has 1 atom stereocenters. The number of halogens is 1. The molecule has 3 nitrogen and oxygen atoms in total. The first kappa shape index (κ1) is 11.0. The van der Waals surface area contributed by atoms with E-state index in [0.717, 1.165) is 13.0 Å². The predicted octanol–water partition coefficient (Wildman–Crippen LogP) is 1.21. The lowest BCUT2D eigenvalue weighted by atomic mass is 10.2. The van der Waals surface area contributed by atoms with Crippen molar-refractivity contribution in [3.63, 3.8) is 0 Å². The molecule has 1 unspecified atom stereocenters. The maximum Gasteiger partial charge on any atom is 0.236 e. The van der Waals surface area contributed by atoms with Gasteiger partial charge in [-0.05, 0) is 26.4 Å². The highest BCUT2D eigenvalue weighted by atomic mass is 35.7. The van der Waals surface area contributed by atoms with Gasteiger partial charge < -0.3 is 0 Å². The van der Waals surface area contributed by atoms with Crippen LogP contribution in [0, 0.1) is 0 Å². The molecule has 0 aromatic heterocycles. The largest absolute Gasteiger partial charge is 0.300 e. The van der Waals surface area contributed by atoms with Crippen molar-refractivity contribution in [1.29, 1.82) is 0 Å². The van der Waals surface area contributed by atoms with E-state index in [2.05, 4.69) is 4.90 Å². The van der Waals surface area contributed by atoms with E-state index in [-0.39, 0.29) is 5.75 Å². The standard InChI is InChI=1S/C8H14ClNO2S/c1-10-6-2-4-8(10)5-3-7-13(9,11)12/h3,5,8H,2,4,6-7H2,1H3/b5-3-. The molecule has 1 aliphatic heterocycles. The minimum atomic E-state index is -3.37. The van der Waals surface area contributed by atoms with Crippen LogP contribution in [0.4, 0.5) is 0 Å². The Morgan fingerprint density at radius 1 is 1.62 bits per heavy atom. The summed E-state index contributed by atoms with van der Waals surface area (Å²) in [4.78, 5) is 2.21. The minimum absolute atomic E-state index is 0.0705. The quantitative estimate of drug-likeness (QED) is 0.533. The van der Waals surface area contributed by atoms with Crippen molar-refractivity contribution in [1.82, 2.24) is 4.90 Å². The zero-order valence-corrected chi connectivity index (χ0v) is 9.18. The van der Waals surface area contributed by atoms with Gasteiger partial charge in [0.1, 0.15) is 0 Å². The molecule has 0 aliphatic carbocycles. The highest BCUT2D eigenvalue weighted by Gasteiger charge is 2.17. The zero-order valence-electron chi connectivity index (χ0n) is 7.61. The molecular weight excluding hydrogens is 210 g/mol. The van der Waals surface area contributed by atoms with E-state index in [1.54, 1.807) is 6.08 Å². The van der Waals surface area contributed by atoms with Crippen LogP contribution in [0.3, 0.4) is 0 Å². The van der Waals surface area contributed by atoms with Gasteiger partial charge in [-0.3, -0.25) is 4.90 Å². The Hall–Kier alpha value is -0.0600. The van der Waals surface area contributed by atoms with Gasteiger partial charge in [-0.2, -0.15) is 0 Å². The molecular formula is C8H14ClNO2S. The summed E-state index contributed by atoms with van der Waals surface area (Å²) in [5.74, 6) is -0.0705. The summed E-state index contributed by atoms with van der Waals surface area (Å²) in [5, 5.41) is 0. The lowest BCUT2D eigenvalue weighted by molar-refractivity contribution is 0.357. The molecule has 0 radical (unpaired) electrons. The maximum absolute atomic E-state index is 10.6. The van der Waals surface area contributed by atoms with Crippen LogP contribution in [-0.2, 0) is 9.05 Å². The second-order valence-corrected chi connectivity index (χ2v) is 6.15. The summed E-state index contributed by atoms with van der Waals surface area (Å²) in [5.41, 5.74) is 0. The Bertz CT molecular complexity index is 287. The molecule has 0 N–H and O–H groups in total. The van der Waals surface area contributed by atoms with Crippen LogP contribution in [0.15, 0.2) is 12.2 Å². The molecule has 1 rings (SSSR count). The van der Waals surface area contributed by atoms with E-state index in [4.69, 9.17) is 10.7 Å². The summed E-state index contributed by atoms with van der Waals surface area (Å²) in [6, 6.07) is 0.387. The fraction of sp³-hybridized carbons (Fsp3) is 0.750. The number of rotatable bonds is 3. The predicted molar refractivity (Wildman–Crippen MR) is 54.4 cm³/mol. The summed E-state index contributed by atoms with van der Waals surface area (Å²) in [6.45, 7) is 1.09. The van der Waals surface area contributed by atoms with Crippen LogP contribution < -0.4 is 0 Å². The third-order valence-corrected chi connectivity index (χ3v) is 3.20. The molecule has 0 aromatic rings. The minimum Gasteiger partial charge on any atom is -0.300 e. The molecule has 0 bridgehead atoms. The van der Waals surface area contributed by atoms with Gasteiger partial charge in [0.05, 0.1) is 5.75 Å². The van der Waals surface area contributed by atoms with E-state index in [9.17, 15) is 8.42 Å². The van der Waals surface area contributed by atoms with Crippen molar-refractivity contribution in [2.24, 2.45) is 0 Å². The number of nitrogens with zero attached hydrogens (tertiary/aromatic N) is 1. The third-order valence-electron chi connectivity index (χ3n) is 2.23. The van der Waals surface area contributed by atoms with Crippen LogP contribution in [0.1, 0.15) is 12.8 Å². The number of hydrogen-bond acceptors (Lipinski definition) is 3. The average Bonchev–Trinajstić information content (AvgIpc) is 2.34. The van der Waals surface area contributed by atoms with Gasteiger partial charge in [0.2, 0.25) is 9.05 Å². The number of likely N-dealkylation sites (N-methyl/N-ethyl adjacent to an activating group) is 1. The van der Waals surface area contributed by atoms with Gasteiger partial charge in [0, 0.05) is 16.7 Å². The normalized spacial score (nSPS) is 25.8. The molecule has 1 heterocycles.